The highest BCUT2D eigenvalue weighted by Crippen LogP contribution is 2.30. The van der Waals surface area contributed by atoms with Crippen LogP contribution in [0.1, 0.15) is 26.3 Å². The van der Waals surface area contributed by atoms with Crippen LogP contribution in [0.5, 0.6) is 11.5 Å². The number of halogens is 1. The molecular weight excluding hydrogens is 460 g/mol. The number of anilines is 1. The van der Waals surface area contributed by atoms with E-state index in [2.05, 4.69) is 5.32 Å². The first kappa shape index (κ1) is 24.0. The van der Waals surface area contributed by atoms with Crippen molar-refractivity contribution in [1.29, 1.82) is 5.26 Å². The van der Waals surface area contributed by atoms with Gasteiger partial charge in [-0.05, 0) is 60.2 Å². The van der Waals surface area contributed by atoms with Gasteiger partial charge in [-0.3, -0.25) is 4.79 Å². The van der Waals surface area contributed by atoms with Gasteiger partial charge in [0.15, 0.2) is 11.5 Å². The maximum Gasteiger partial charge on any atom is 0.345 e. The molecule has 0 unspecified atom stereocenters. The predicted octanol–water partition coefficient (Wildman–Crippen LogP) is 4.81. The zero-order chi connectivity index (χ0) is 24.7. The molecule has 0 saturated carbocycles. The number of benzene rings is 3. The number of hydrogen-bond donors (Lipinski definition) is 2. The molecule has 1 amide bonds. The minimum absolute atomic E-state index is 0.0612. The SMILES string of the molecule is COc1ccc(/C=C(\C#N)C(=O)Nc2ccc(C(=O)O)cc2)cc1OC(=O)c1ccccc1Cl. The van der Waals surface area contributed by atoms with Gasteiger partial charge in [0.05, 0.1) is 23.3 Å². The fourth-order valence-corrected chi connectivity index (χ4v) is 3.07. The Morgan fingerprint density at radius 2 is 1.74 bits per heavy atom. The first-order chi connectivity index (χ1) is 16.3. The summed E-state index contributed by atoms with van der Waals surface area (Å²) in [6, 6.07) is 18.3. The molecule has 0 heterocycles. The second kappa shape index (κ2) is 10.8. The van der Waals surface area contributed by atoms with E-state index in [1.54, 1.807) is 24.3 Å². The van der Waals surface area contributed by atoms with E-state index in [9.17, 15) is 19.6 Å². The second-order valence-corrected chi connectivity index (χ2v) is 7.19. The maximum absolute atomic E-state index is 12.5. The van der Waals surface area contributed by atoms with Crippen molar-refractivity contribution in [3.8, 4) is 17.6 Å². The minimum atomic E-state index is -1.10. The van der Waals surface area contributed by atoms with Gasteiger partial charge in [-0.1, -0.05) is 29.8 Å². The molecule has 34 heavy (non-hydrogen) atoms. The van der Waals surface area contributed by atoms with Gasteiger partial charge in [0, 0.05) is 5.69 Å². The number of carboxylic acid groups (broad SMARTS) is 1. The van der Waals surface area contributed by atoms with E-state index >= 15 is 0 Å². The first-order valence-electron chi connectivity index (χ1n) is 9.73. The second-order valence-electron chi connectivity index (χ2n) is 6.79. The average molecular weight is 477 g/mol. The molecule has 8 nitrogen and oxygen atoms in total. The van der Waals surface area contributed by atoms with Crippen molar-refractivity contribution in [1.82, 2.24) is 0 Å². The lowest BCUT2D eigenvalue weighted by molar-refractivity contribution is -0.112. The quantitative estimate of drug-likeness (QED) is 0.217. The van der Waals surface area contributed by atoms with Crippen LogP contribution in [0.25, 0.3) is 6.08 Å². The molecule has 0 bridgehead atoms. The topological polar surface area (TPSA) is 126 Å². The Labute approximate surface area is 199 Å². The van der Waals surface area contributed by atoms with E-state index in [1.807, 2.05) is 6.07 Å². The number of aromatic carboxylic acids is 1. The monoisotopic (exact) mass is 476 g/mol. The van der Waals surface area contributed by atoms with Crippen molar-refractivity contribution in [2.75, 3.05) is 12.4 Å². The van der Waals surface area contributed by atoms with E-state index in [0.29, 0.717) is 11.3 Å². The lowest BCUT2D eigenvalue weighted by Crippen LogP contribution is -2.13. The van der Waals surface area contributed by atoms with E-state index in [-0.39, 0.29) is 33.2 Å². The zero-order valence-corrected chi connectivity index (χ0v) is 18.5. The van der Waals surface area contributed by atoms with Crippen molar-refractivity contribution < 1.29 is 29.0 Å². The summed E-state index contributed by atoms with van der Waals surface area (Å²) in [6.45, 7) is 0. The largest absolute Gasteiger partial charge is 0.493 e. The number of carbonyl (C=O) groups excluding carboxylic acids is 2. The van der Waals surface area contributed by atoms with E-state index < -0.39 is 17.8 Å². The Balaban J connectivity index is 1.83. The third kappa shape index (κ3) is 5.79. The average Bonchev–Trinajstić information content (AvgIpc) is 2.83. The number of esters is 1. The molecule has 0 spiro atoms. The van der Waals surface area contributed by atoms with Gasteiger partial charge in [0.1, 0.15) is 11.6 Å². The number of rotatable bonds is 7. The highest BCUT2D eigenvalue weighted by atomic mass is 35.5. The molecule has 0 aliphatic heterocycles. The van der Waals surface area contributed by atoms with Crippen molar-refractivity contribution in [2.24, 2.45) is 0 Å². The van der Waals surface area contributed by atoms with Gasteiger partial charge in [-0.15, -0.1) is 0 Å². The molecule has 9 heteroatoms. The van der Waals surface area contributed by atoms with Crippen LogP contribution in [0.4, 0.5) is 5.69 Å². The van der Waals surface area contributed by atoms with Gasteiger partial charge < -0.3 is 19.9 Å². The van der Waals surface area contributed by atoms with Crippen molar-refractivity contribution in [2.45, 2.75) is 0 Å². The van der Waals surface area contributed by atoms with Crippen LogP contribution in [-0.2, 0) is 4.79 Å². The molecular formula is C25H17ClN2O6. The standard InChI is InChI=1S/C25H17ClN2O6/c1-33-21-11-6-15(13-22(21)34-25(32)19-4-2-3-5-20(19)26)12-17(14-27)23(29)28-18-9-7-16(8-10-18)24(30)31/h2-13H,1H3,(H,28,29)(H,30,31)/b17-12+. The van der Waals surface area contributed by atoms with E-state index in [4.69, 9.17) is 26.2 Å². The fourth-order valence-electron chi connectivity index (χ4n) is 2.85. The van der Waals surface area contributed by atoms with Crippen molar-refractivity contribution >= 4 is 41.2 Å². The number of nitrogens with one attached hydrogen (secondary N) is 1. The van der Waals surface area contributed by atoms with E-state index in [0.717, 1.165) is 0 Å². The van der Waals surface area contributed by atoms with Crippen LogP contribution in [0.3, 0.4) is 0 Å². The Kier molecular flexibility index (Phi) is 7.64. The summed E-state index contributed by atoms with van der Waals surface area (Å²) >= 11 is 6.05. The molecule has 0 aliphatic rings. The number of carboxylic acids is 1. The predicted molar refractivity (Wildman–Crippen MR) is 125 cm³/mol. The van der Waals surface area contributed by atoms with Gasteiger partial charge in [0.25, 0.3) is 5.91 Å². The van der Waals surface area contributed by atoms with Crippen LogP contribution < -0.4 is 14.8 Å². The third-order valence-corrected chi connectivity index (χ3v) is 4.88. The number of nitrogens with zero attached hydrogens (tertiary/aromatic N) is 1. The Hall–Kier alpha value is -4.61. The summed E-state index contributed by atoms with van der Waals surface area (Å²) in [5.41, 5.74) is 0.719. The van der Waals surface area contributed by atoms with Crippen molar-refractivity contribution in [3.63, 3.8) is 0 Å². The van der Waals surface area contributed by atoms with E-state index in [1.165, 1.54) is 55.7 Å². The summed E-state index contributed by atoms with van der Waals surface area (Å²) in [7, 11) is 1.40. The molecule has 0 atom stereocenters. The molecule has 170 valence electrons. The molecule has 3 aromatic rings. The lowest BCUT2D eigenvalue weighted by Gasteiger charge is -2.11. The van der Waals surface area contributed by atoms with Gasteiger partial charge in [-0.25, -0.2) is 9.59 Å². The number of hydrogen-bond acceptors (Lipinski definition) is 6. The van der Waals surface area contributed by atoms with Gasteiger partial charge >= 0.3 is 11.9 Å². The Morgan fingerprint density at radius 3 is 2.35 bits per heavy atom. The molecule has 0 fully saturated rings. The fraction of sp³-hybridized carbons (Fsp3) is 0.0400. The molecule has 0 saturated heterocycles. The van der Waals surface area contributed by atoms with Crippen LogP contribution in [0.2, 0.25) is 5.02 Å². The van der Waals surface area contributed by atoms with Crippen LogP contribution >= 0.6 is 11.6 Å². The molecule has 0 aromatic heterocycles. The summed E-state index contributed by atoms with van der Waals surface area (Å²) in [5.74, 6) is -2.16. The third-order valence-electron chi connectivity index (χ3n) is 4.55. The zero-order valence-electron chi connectivity index (χ0n) is 17.7. The summed E-state index contributed by atoms with van der Waals surface area (Å²) in [6.07, 6.45) is 1.31. The minimum Gasteiger partial charge on any atom is -0.493 e. The first-order valence-corrected chi connectivity index (χ1v) is 10.1. The van der Waals surface area contributed by atoms with Crippen LogP contribution in [0.15, 0.2) is 72.3 Å². The summed E-state index contributed by atoms with van der Waals surface area (Å²) in [4.78, 5) is 36.0. The number of methoxy groups -OCH3 is 1. The van der Waals surface area contributed by atoms with Crippen LogP contribution in [-0.4, -0.2) is 30.1 Å². The molecule has 3 rings (SSSR count). The normalized spacial score (nSPS) is 10.7. The maximum atomic E-state index is 12.5. The molecule has 2 N–H and O–H groups in total. The highest BCUT2D eigenvalue weighted by molar-refractivity contribution is 6.33. The smallest absolute Gasteiger partial charge is 0.345 e. The summed E-state index contributed by atoms with van der Waals surface area (Å²) < 4.78 is 10.7. The lowest BCUT2D eigenvalue weighted by atomic mass is 10.1. The molecule has 0 radical (unpaired) electrons. The number of ether oxygens (including phenoxy) is 2. The number of nitriles is 1. The molecule has 0 aliphatic carbocycles. The van der Waals surface area contributed by atoms with Gasteiger partial charge in [-0.2, -0.15) is 5.26 Å². The highest BCUT2D eigenvalue weighted by Gasteiger charge is 2.16. The summed E-state index contributed by atoms with van der Waals surface area (Å²) in [5, 5.41) is 21.2. The Bertz CT molecular complexity index is 1330. The number of carbonyl (C=O) groups is 3. The van der Waals surface area contributed by atoms with Gasteiger partial charge in [0.2, 0.25) is 0 Å². The number of amides is 1. The molecule has 3 aromatic carbocycles. The Morgan fingerprint density at radius 1 is 1.03 bits per heavy atom. The van der Waals surface area contributed by atoms with Crippen LogP contribution in [0, 0.1) is 11.3 Å². The van der Waals surface area contributed by atoms with Crippen molar-refractivity contribution in [3.05, 3.63) is 94.0 Å².